The third-order valence-electron chi connectivity index (χ3n) is 6.24. The second-order valence-electron chi connectivity index (χ2n) is 7.56. The summed E-state index contributed by atoms with van der Waals surface area (Å²) in [5, 5.41) is 3.00. The summed E-state index contributed by atoms with van der Waals surface area (Å²) in [5.74, 6) is -1.16. The molecule has 4 fully saturated rings. The number of nitrogens with zero attached hydrogens (tertiary/aromatic N) is 1. The third kappa shape index (κ3) is 3.06. The summed E-state index contributed by atoms with van der Waals surface area (Å²) < 4.78 is 5.70. The van der Waals surface area contributed by atoms with E-state index in [0.29, 0.717) is 6.54 Å². The van der Waals surface area contributed by atoms with Gasteiger partial charge in [-0.05, 0) is 38.1 Å². The van der Waals surface area contributed by atoms with Gasteiger partial charge in [0, 0.05) is 6.04 Å². The minimum atomic E-state index is -0.365. The number of likely N-dealkylation sites (tertiary alicyclic amines) is 1. The van der Waals surface area contributed by atoms with E-state index in [1.54, 1.807) is 0 Å². The first-order valence-corrected chi connectivity index (χ1v) is 9.10. The van der Waals surface area contributed by atoms with E-state index in [1.807, 2.05) is 0 Å². The van der Waals surface area contributed by atoms with Gasteiger partial charge in [0.2, 0.25) is 17.7 Å². The van der Waals surface area contributed by atoms with Gasteiger partial charge in [-0.3, -0.25) is 19.3 Å². The van der Waals surface area contributed by atoms with Crippen molar-refractivity contribution in [2.75, 3.05) is 13.1 Å². The van der Waals surface area contributed by atoms with Gasteiger partial charge in [0.15, 0.2) is 0 Å². The summed E-state index contributed by atoms with van der Waals surface area (Å²) in [6.07, 6.45) is 5.56. The number of hydrogen-bond acceptors (Lipinski definition) is 5. The zero-order valence-electron chi connectivity index (χ0n) is 14.2. The maximum Gasteiger partial charge on any atom is 0.240 e. The fourth-order valence-corrected chi connectivity index (χ4v) is 5.01. The fourth-order valence-electron chi connectivity index (χ4n) is 5.01. The normalized spacial score (nSPS) is 39.3. The summed E-state index contributed by atoms with van der Waals surface area (Å²) in [6.45, 7) is 0.384. The molecule has 3 aliphatic heterocycles. The van der Waals surface area contributed by atoms with E-state index in [4.69, 9.17) is 10.5 Å². The van der Waals surface area contributed by atoms with Crippen LogP contribution >= 0.6 is 12.4 Å². The second kappa shape index (κ2) is 7.21. The third-order valence-corrected chi connectivity index (χ3v) is 6.24. The van der Waals surface area contributed by atoms with Crippen LogP contribution in [0.1, 0.15) is 38.5 Å². The van der Waals surface area contributed by atoms with Crippen molar-refractivity contribution in [2.45, 2.75) is 56.8 Å². The Hall–Kier alpha value is -1.18. The molecule has 0 spiro atoms. The van der Waals surface area contributed by atoms with Gasteiger partial charge in [0.05, 0.1) is 24.0 Å². The average molecular weight is 372 g/mol. The number of nitrogens with one attached hydrogen (secondary N) is 1. The first kappa shape index (κ1) is 18.6. The molecule has 0 aromatic carbocycles. The predicted molar refractivity (Wildman–Crippen MR) is 91.8 cm³/mol. The molecule has 0 radical (unpaired) electrons. The number of carbonyl (C=O) groups is 3. The van der Waals surface area contributed by atoms with Crippen molar-refractivity contribution >= 4 is 30.1 Å². The molecule has 25 heavy (non-hydrogen) atoms. The number of nitrogens with two attached hydrogens (primary N) is 1. The number of fused-ring (bicyclic) bond motifs is 5. The minimum Gasteiger partial charge on any atom is -0.373 e. The maximum absolute atomic E-state index is 12.6. The lowest BCUT2D eigenvalue weighted by molar-refractivity contribution is -0.146. The van der Waals surface area contributed by atoms with Crippen molar-refractivity contribution in [3.05, 3.63) is 0 Å². The van der Waals surface area contributed by atoms with Crippen LogP contribution in [0.2, 0.25) is 0 Å². The molecule has 4 rings (SSSR count). The van der Waals surface area contributed by atoms with Crippen LogP contribution in [0, 0.1) is 17.8 Å². The van der Waals surface area contributed by atoms with Crippen LogP contribution in [0.5, 0.6) is 0 Å². The molecule has 3 amide bonds. The molecule has 3 N–H and O–H groups in total. The molecule has 8 heteroatoms. The van der Waals surface area contributed by atoms with Crippen LogP contribution in [-0.2, 0) is 19.1 Å². The van der Waals surface area contributed by atoms with Crippen molar-refractivity contribution < 1.29 is 19.1 Å². The predicted octanol–water partition coefficient (Wildman–Crippen LogP) is 0.204. The number of ether oxygens (including phenoxy) is 1. The van der Waals surface area contributed by atoms with E-state index in [2.05, 4.69) is 5.32 Å². The number of carbonyl (C=O) groups excluding carboxylic acids is 3. The highest BCUT2D eigenvalue weighted by Gasteiger charge is 2.62. The zero-order chi connectivity index (χ0) is 16.8. The van der Waals surface area contributed by atoms with Gasteiger partial charge in [-0.15, -0.1) is 12.4 Å². The first-order valence-electron chi connectivity index (χ1n) is 9.10. The molecule has 3 heterocycles. The molecule has 1 saturated carbocycles. The van der Waals surface area contributed by atoms with Crippen molar-refractivity contribution in [1.82, 2.24) is 10.2 Å². The highest BCUT2D eigenvalue weighted by atomic mass is 35.5. The lowest BCUT2D eigenvalue weighted by Gasteiger charge is -2.31. The lowest BCUT2D eigenvalue weighted by Crippen LogP contribution is -2.49. The van der Waals surface area contributed by atoms with E-state index in [0.717, 1.165) is 43.4 Å². The Balaban J connectivity index is 0.00000182. The van der Waals surface area contributed by atoms with Crippen LogP contribution in [-0.4, -0.2) is 54.0 Å². The summed E-state index contributed by atoms with van der Waals surface area (Å²) in [6, 6.07) is 0.0584. The van der Waals surface area contributed by atoms with Gasteiger partial charge in [0.1, 0.15) is 6.54 Å². The molecule has 140 valence electrons. The molecule has 3 saturated heterocycles. The Morgan fingerprint density at radius 2 is 1.68 bits per heavy atom. The molecular formula is C17H26ClN3O4. The molecule has 7 nitrogen and oxygen atoms in total. The standard InChI is InChI=1S/C17H25N3O4.ClH/c18-7-9-3-1-2-4-10(9)19-13(21)8-20-16(22)14-11-5-6-12(24-11)15(14)17(20)23;/h9-12,14-15H,1-8,18H2,(H,19,21);1H. The van der Waals surface area contributed by atoms with Gasteiger partial charge in [-0.2, -0.15) is 0 Å². The smallest absolute Gasteiger partial charge is 0.240 e. The van der Waals surface area contributed by atoms with E-state index in [1.165, 1.54) is 0 Å². The number of hydrogen-bond donors (Lipinski definition) is 2. The van der Waals surface area contributed by atoms with Gasteiger partial charge in [-0.25, -0.2) is 0 Å². The highest BCUT2D eigenvalue weighted by molar-refractivity contribution is 6.08. The molecular weight excluding hydrogens is 346 g/mol. The van der Waals surface area contributed by atoms with Crippen molar-refractivity contribution in [3.63, 3.8) is 0 Å². The maximum atomic E-state index is 12.6. The lowest BCUT2D eigenvalue weighted by atomic mass is 9.81. The van der Waals surface area contributed by atoms with E-state index in [-0.39, 0.29) is 72.7 Å². The summed E-state index contributed by atoms with van der Waals surface area (Å²) in [5.41, 5.74) is 5.79. The van der Waals surface area contributed by atoms with Gasteiger partial charge in [-0.1, -0.05) is 12.8 Å². The molecule has 0 aromatic rings. The average Bonchev–Trinajstić information content (AvgIpc) is 3.25. The monoisotopic (exact) mass is 371 g/mol. The van der Waals surface area contributed by atoms with E-state index < -0.39 is 0 Å². The zero-order valence-corrected chi connectivity index (χ0v) is 15.0. The molecule has 4 aliphatic rings. The fraction of sp³-hybridized carbons (Fsp3) is 0.824. The number of halogens is 1. The molecule has 0 aromatic heterocycles. The van der Waals surface area contributed by atoms with E-state index >= 15 is 0 Å². The number of rotatable bonds is 4. The Kier molecular flexibility index (Phi) is 5.37. The highest BCUT2D eigenvalue weighted by Crippen LogP contribution is 2.48. The Labute approximate surface area is 153 Å². The molecule has 6 unspecified atom stereocenters. The van der Waals surface area contributed by atoms with Crippen LogP contribution < -0.4 is 11.1 Å². The Bertz CT molecular complexity index is 544. The van der Waals surface area contributed by atoms with Gasteiger partial charge in [0.25, 0.3) is 0 Å². The minimum absolute atomic E-state index is 0. The molecule has 1 aliphatic carbocycles. The summed E-state index contributed by atoms with van der Waals surface area (Å²) in [7, 11) is 0. The topological polar surface area (TPSA) is 102 Å². The largest absolute Gasteiger partial charge is 0.373 e. The Morgan fingerprint density at radius 1 is 1.08 bits per heavy atom. The van der Waals surface area contributed by atoms with Gasteiger partial charge >= 0.3 is 0 Å². The number of amides is 3. The van der Waals surface area contributed by atoms with Crippen molar-refractivity contribution in [2.24, 2.45) is 23.5 Å². The van der Waals surface area contributed by atoms with Crippen molar-refractivity contribution in [3.8, 4) is 0 Å². The quantitative estimate of drug-likeness (QED) is 0.687. The Morgan fingerprint density at radius 3 is 2.28 bits per heavy atom. The summed E-state index contributed by atoms with van der Waals surface area (Å²) >= 11 is 0. The van der Waals surface area contributed by atoms with Crippen LogP contribution in [0.25, 0.3) is 0 Å². The second-order valence-corrected chi connectivity index (χ2v) is 7.56. The van der Waals surface area contributed by atoms with Crippen molar-refractivity contribution in [1.29, 1.82) is 0 Å². The number of imide groups is 1. The summed E-state index contributed by atoms with van der Waals surface area (Å²) in [4.78, 5) is 38.7. The van der Waals surface area contributed by atoms with Crippen LogP contribution in [0.3, 0.4) is 0 Å². The molecule has 2 bridgehead atoms. The van der Waals surface area contributed by atoms with E-state index in [9.17, 15) is 14.4 Å². The van der Waals surface area contributed by atoms with Crippen LogP contribution in [0.4, 0.5) is 0 Å². The SMILES string of the molecule is Cl.NCC1CCCCC1NC(=O)CN1C(=O)C2C3CCC(O3)C2C1=O. The first-order chi connectivity index (χ1) is 11.6. The molecule has 6 atom stereocenters. The van der Waals surface area contributed by atoms with Crippen LogP contribution in [0.15, 0.2) is 0 Å². The van der Waals surface area contributed by atoms with Gasteiger partial charge < -0.3 is 15.8 Å².